The Morgan fingerprint density at radius 3 is 2.25 bits per heavy atom. The maximum Gasteiger partial charge on any atom is 0.173 e. The number of benzene rings is 2. The van der Waals surface area contributed by atoms with Crippen molar-refractivity contribution < 1.29 is 18.8 Å². The number of rotatable bonds is 6. The van der Waals surface area contributed by atoms with E-state index in [4.69, 9.17) is 9.47 Å². The number of pyridine rings is 1. The number of hydrogen-bond acceptors (Lipinski definition) is 3. The van der Waals surface area contributed by atoms with Crippen molar-refractivity contribution in [1.82, 2.24) is 0 Å². The van der Waals surface area contributed by atoms with E-state index in [0.29, 0.717) is 24.2 Å². The summed E-state index contributed by atoms with van der Waals surface area (Å²) in [7, 11) is 3.24. The average Bonchev–Trinajstić information content (AvgIpc) is 3.06. The molecule has 1 atom stereocenters. The van der Waals surface area contributed by atoms with Gasteiger partial charge >= 0.3 is 0 Å². The molecule has 142 valence electrons. The molecule has 2 aromatic carbocycles. The maximum atomic E-state index is 13.0. The van der Waals surface area contributed by atoms with E-state index >= 15 is 0 Å². The molecule has 1 aliphatic carbocycles. The molecule has 1 heterocycles. The molecule has 1 aromatic heterocycles. The minimum atomic E-state index is -0.0785. The molecule has 4 heteroatoms. The van der Waals surface area contributed by atoms with Crippen molar-refractivity contribution in [3.63, 3.8) is 0 Å². The highest BCUT2D eigenvalue weighted by Gasteiger charge is 2.35. The summed E-state index contributed by atoms with van der Waals surface area (Å²) in [6, 6.07) is 18.3. The van der Waals surface area contributed by atoms with Crippen molar-refractivity contribution in [3.05, 3.63) is 89.2 Å². The van der Waals surface area contributed by atoms with Gasteiger partial charge in [0.05, 0.1) is 19.8 Å². The molecule has 0 radical (unpaired) electrons. The molecule has 1 unspecified atom stereocenters. The van der Waals surface area contributed by atoms with Crippen LogP contribution in [0.4, 0.5) is 0 Å². The lowest BCUT2D eigenvalue weighted by Crippen LogP contribution is -2.33. The normalized spacial score (nSPS) is 15.4. The molecule has 3 aromatic rings. The highest BCUT2D eigenvalue weighted by Crippen LogP contribution is 2.40. The Morgan fingerprint density at radius 2 is 1.57 bits per heavy atom. The SMILES string of the molecule is COc1ccc(OC)c2c1CC(Cc1cc[n+](Cc3ccccc3)cc1)C2=O. The molecule has 0 saturated carbocycles. The largest absolute Gasteiger partial charge is 0.496 e. The summed E-state index contributed by atoms with van der Waals surface area (Å²) in [4.78, 5) is 13.0. The van der Waals surface area contributed by atoms with E-state index in [-0.39, 0.29) is 11.7 Å². The summed E-state index contributed by atoms with van der Waals surface area (Å²) >= 11 is 0. The van der Waals surface area contributed by atoms with Crippen LogP contribution in [0, 0.1) is 5.92 Å². The van der Waals surface area contributed by atoms with Crippen LogP contribution in [-0.4, -0.2) is 20.0 Å². The smallest absolute Gasteiger partial charge is 0.173 e. The topological polar surface area (TPSA) is 39.4 Å². The molecule has 0 aliphatic heterocycles. The van der Waals surface area contributed by atoms with Crippen LogP contribution in [0.1, 0.15) is 27.0 Å². The van der Waals surface area contributed by atoms with Gasteiger partial charge in [0.15, 0.2) is 24.7 Å². The summed E-state index contributed by atoms with van der Waals surface area (Å²) in [5, 5.41) is 0. The van der Waals surface area contributed by atoms with Gasteiger partial charge in [-0.25, -0.2) is 4.57 Å². The van der Waals surface area contributed by atoms with Crippen molar-refractivity contribution >= 4 is 5.78 Å². The van der Waals surface area contributed by atoms with E-state index in [1.54, 1.807) is 14.2 Å². The van der Waals surface area contributed by atoms with Gasteiger partial charge in [0, 0.05) is 29.2 Å². The number of aromatic nitrogens is 1. The first-order chi connectivity index (χ1) is 13.7. The lowest BCUT2D eigenvalue weighted by molar-refractivity contribution is -0.688. The average molecular weight is 374 g/mol. The van der Waals surface area contributed by atoms with E-state index in [2.05, 4.69) is 53.4 Å². The lowest BCUT2D eigenvalue weighted by Gasteiger charge is -2.09. The van der Waals surface area contributed by atoms with Gasteiger partial charge in [-0.05, 0) is 30.5 Å². The summed E-state index contributed by atoms with van der Waals surface area (Å²) in [5.74, 6) is 1.47. The zero-order valence-electron chi connectivity index (χ0n) is 16.2. The zero-order valence-corrected chi connectivity index (χ0v) is 16.2. The number of fused-ring (bicyclic) bond motifs is 1. The number of Topliss-reactive ketones (excluding diaryl/α,β-unsaturated/α-hetero) is 1. The van der Waals surface area contributed by atoms with E-state index in [0.717, 1.165) is 23.4 Å². The second kappa shape index (κ2) is 7.85. The van der Waals surface area contributed by atoms with E-state index in [9.17, 15) is 4.79 Å². The minimum Gasteiger partial charge on any atom is -0.496 e. The lowest BCUT2D eigenvalue weighted by atomic mass is 9.96. The first-order valence-corrected chi connectivity index (χ1v) is 9.49. The fourth-order valence-electron chi connectivity index (χ4n) is 3.96. The number of ketones is 1. The molecule has 0 spiro atoms. The highest BCUT2D eigenvalue weighted by molar-refractivity contribution is 6.05. The van der Waals surface area contributed by atoms with Crippen LogP contribution in [-0.2, 0) is 19.4 Å². The van der Waals surface area contributed by atoms with Crippen molar-refractivity contribution in [2.24, 2.45) is 5.92 Å². The van der Waals surface area contributed by atoms with Crippen LogP contribution in [0.5, 0.6) is 11.5 Å². The Kier molecular flexibility index (Phi) is 5.11. The summed E-state index contributed by atoms with van der Waals surface area (Å²) in [6.07, 6.45) is 5.56. The molecule has 0 bridgehead atoms. The van der Waals surface area contributed by atoms with E-state index < -0.39 is 0 Å². The number of ether oxygens (including phenoxy) is 2. The van der Waals surface area contributed by atoms with Gasteiger partial charge in [-0.2, -0.15) is 0 Å². The van der Waals surface area contributed by atoms with Gasteiger partial charge in [0.1, 0.15) is 11.5 Å². The molecule has 4 nitrogen and oxygen atoms in total. The van der Waals surface area contributed by atoms with Crippen LogP contribution in [0.15, 0.2) is 67.0 Å². The summed E-state index contributed by atoms with van der Waals surface area (Å²) in [5.41, 5.74) is 4.07. The van der Waals surface area contributed by atoms with Gasteiger partial charge in [0.2, 0.25) is 0 Å². The first kappa shape index (κ1) is 18.2. The van der Waals surface area contributed by atoms with Crippen molar-refractivity contribution in [1.29, 1.82) is 0 Å². The monoisotopic (exact) mass is 374 g/mol. The Labute approximate surface area is 165 Å². The maximum absolute atomic E-state index is 13.0. The van der Waals surface area contributed by atoms with Crippen LogP contribution < -0.4 is 14.0 Å². The molecule has 4 rings (SSSR count). The van der Waals surface area contributed by atoms with Gasteiger partial charge in [0.25, 0.3) is 0 Å². The second-order valence-electron chi connectivity index (χ2n) is 7.16. The standard InChI is InChI=1S/C24H24NO3/c1-27-21-8-9-22(28-2)23-20(21)15-19(24(23)26)14-17-10-12-25(13-11-17)16-18-6-4-3-5-7-18/h3-13,19H,14-16H2,1-2H3/q+1. The van der Waals surface area contributed by atoms with Crippen molar-refractivity contribution in [2.45, 2.75) is 19.4 Å². The third-order valence-corrected chi connectivity index (χ3v) is 5.39. The van der Waals surface area contributed by atoms with Crippen LogP contribution in [0.2, 0.25) is 0 Å². The van der Waals surface area contributed by atoms with Crippen LogP contribution in [0.25, 0.3) is 0 Å². The molecule has 28 heavy (non-hydrogen) atoms. The molecule has 0 saturated heterocycles. The van der Waals surface area contributed by atoms with Crippen LogP contribution >= 0.6 is 0 Å². The number of hydrogen-bond donors (Lipinski definition) is 0. The predicted octanol–water partition coefficient (Wildman–Crippen LogP) is 3.64. The Balaban J connectivity index is 1.50. The minimum absolute atomic E-state index is 0.0785. The molecule has 0 N–H and O–H groups in total. The molecule has 0 fully saturated rings. The Hall–Kier alpha value is -3.14. The number of carbonyl (C=O) groups is 1. The van der Waals surface area contributed by atoms with Gasteiger partial charge in [-0.1, -0.05) is 30.3 Å². The van der Waals surface area contributed by atoms with E-state index in [1.165, 1.54) is 5.56 Å². The highest BCUT2D eigenvalue weighted by atomic mass is 16.5. The summed E-state index contributed by atoms with van der Waals surface area (Å²) in [6.45, 7) is 0.837. The van der Waals surface area contributed by atoms with Crippen LogP contribution in [0.3, 0.4) is 0 Å². The fourth-order valence-corrected chi connectivity index (χ4v) is 3.96. The van der Waals surface area contributed by atoms with Crippen molar-refractivity contribution in [2.75, 3.05) is 14.2 Å². The van der Waals surface area contributed by atoms with Gasteiger partial charge < -0.3 is 9.47 Å². The third kappa shape index (κ3) is 3.50. The molecule has 0 amide bonds. The predicted molar refractivity (Wildman–Crippen MR) is 107 cm³/mol. The quantitative estimate of drug-likeness (QED) is 0.619. The first-order valence-electron chi connectivity index (χ1n) is 9.49. The number of nitrogens with zero attached hydrogens (tertiary/aromatic N) is 1. The fraction of sp³-hybridized carbons (Fsp3) is 0.250. The zero-order chi connectivity index (χ0) is 19.5. The Morgan fingerprint density at radius 1 is 0.893 bits per heavy atom. The number of methoxy groups -OCH3 is 2. The number of carbonyl (C=O) groups excluding carboxylic acids is 1. The molecular formula is C24H24NO3+. The van der Waals surface area contributed by atoms with E-state index in [1.807, 2.05) is 18.2 Å². The van der Waals surface area contributed by atoms with Gasteiger partial charge in [-0.15, -0.1) is 0 Å². The van der Waals surface area contributed by atoms with Crippen molar-refractivity contribution in [3.8, 4) is 11.5 Å². The Bertz CT molecular complexity index is 981. The van der Waals surface area contributed by atoms with Gasteiger partial charge in [-0.3, -0.25) is 4.79 Å². The molecule has 1 aliphatic rings. The molecular weight excluding hydrogens is 350 g/mol. The summed E-state index contributed by atoms with van der Waals surface area (Å²) < 4.78 is 13.0. The second-order valence-corrected chi connectivity index (χ2v) is 7.16. The third-order valence-electron chi connectivity index (χ3n) is 5.39.